The van der Waals surface area contributed by atoms with E-state index in [0.29, 0.717) is 18.9 Å². The summed E-state index contributed by atoms with van der Waals surface area (Å²) < 4.78 is 4.91. The van der Waals surface area contributed by atoms with Gasteiger partial charge in [0.25, 0.3) is 0 Å². The predicted octanol–water partition coefficient (Wildman–Crippen LogP) is 1.09. The third kappa shape index (κ3) is 4.91. The third-order valence-electron chi connectivity index (χ3n) is 1.28. The molecular formula is C9H17NO2. The molecular weight excluding hydrogens is 154 g/mol. The van der Waals surface area contributed by atoms with Crippen molar-refractivity contribution >= 4 is 5.97 Å². The second kappa shape index (κ2) is 5.77. The van der Waals surface area contributed by atoms with Crippen LogP contribution in [0, 0.1) is 5.92 Å². The van der Waals surface area contributed by atoms with Gasteiger partial charge in [0.15, 0.2) is 0 Å². The average Bonchev–Trinajstić information content (AvgIpc) is 2.00. The van der Waals surface area contributed by atoms with Crippen molar-refractivity contribution in [2.45, 2.75) is 26.3 Å². The highest BCUT2D eigenvalue weighted by molar-refractivity contribution is 5.75. The van der Waals surface area contributed by atoms with E-state index in [4.69, 9.17) is 10.5 Å². The molecule has 0 aromatic rings. The largest absolute Gasteiger partial charge is 0.464 e. The summed E-state index contributed by atoms with van der Waals surface area (Å²) in [5.74, 6) is 0.00785. The Balaban J connectivity index is 3.63. The Morgan fingerprint density at radius 1 is 1.67 bits per heavy atom. The van der Waals surface area contributed by atoms with Crippen LogP contribution in [0.2, 0.25) is 0 Å². The van der Waals surface area contributed by atoms with E-state index in [9.17, 15) is 4.79 Å². The lowest BCUT2D eigenvalue weighted by Gasteiger charge is -2.10. The molecule has 0 saturated heterocycles. The average molecular weight is 171 g/mol. The maximum Gasteiger partial charge on any atom is 0.323 e. The van der Waals surface area contributed by atoms with E-state index >= 15 is 0 Å². The first-order valence-corrected chi connectivity index (χ1v) is 4.11. The van der Waals surface area contributed by atoms with E-state index in [1.807, 2.05) is 13.8 Å². The van der Waals surface area contributed by atoms with E-state index in [-0.39, 0.29) is 5.97 Å². The van der Waals surface area contributed by atoms with Gasteiger partial charge in [0.05, 0.1) is 6.61 Å². The van der Waals surface area contributed by atoms with Gasteiger partial charge in [-0.25, -0.2) is 0 Å². The summed E-state index contributed by atoms with van der Waals surface area (Å²) in [5.41, 5.74) is 5.47. The molecule has 0 saturated carbocycles. The Bertz CT molecular complexity index is 155. The van der Waals surface area contributed by atoms with Crippen LogP contribution in [0.1, 0.15) is 20.3 Å². The second-order valence-corrected chi connectivity index (χ2v) is 3.15. The Hall–Kier alpha value is -0.830. The third-order valence-corrected chi connectivity index (χ3v) is 1.28. The van der Waals surface area contributed by atoms with Crippen LogP contribution in [0.3, 0.4) is 0 Å². The minimum atomic E-state index is -0.554. The summed E-state index contributed by atoms with van der Waals surface area (Å²) in [7, 11) is 0. The van der Waals surface area contributed by atoms with Crippen molar-refractivity contribution in [3.05, 3.63) is 12.7 Å². The van der Waals surface area contributed by atoms with E-state index < -0.39 is 6.04 Å². The zero-order valence-corrected chi connectivity index (χ0v) is 7.75. The van der Waals surface area contributed by atoms with Crippen molar-refractivity contribution in [2.75, 3.05) is 6.61 Å². The number of hydrogen-bond acceptors (Lipinski definition) is 3. The van der Waals surface area contributed by atoms with Gasteiger partial charge >= 0.3 is 5.97 Å². The molecule has 0 aliphatic rings. The molecule has 0 radical (unpaired) electrons. The van der Waals surface area contributed by atoms with E-state index in [0.717, 1.165) is 0 Å². The molecule has 0 rings (SSSR count). The van der Waals surface area contributed by atoms with E-state index in [1.54, 1.807) is 6.08 Å². The number of carbonyl (C=O) groups excluding carboxylic acids is 1. The van der Waals surface area contributed by atoms with Gasteiger partial charge in [-0.15, -0.1) is 6.58 Å². The molecule has 1 unspecified atom stereocenters. The first kappa shape index (κ1) is 11.2. The number of carbonyl (C=O) groups is 1. The standard InChI is InChI=1S/C9H17NO2/c1-4-5-8(10)9(11)12-6-7(2)3/h4,7-8H,1,5-6,10H2,2-3H3. The van der Waals surface area contributed by atoms with Gasteiger partial charge < -0.3 is 10.5 Å². The topological polar surface area (TPSA) is 52.3 Å². The molecule has 3 heteroatoms. The SMILES string of the molecule is C=CCC(N)C(=O)OCC(C)C. The highest BCUT2D eigenvalue weighted by Crippen LogP contribution is 1.97. The molecule has 0 fully saturated rings. The van der Waals surface area contributed by atoms with Crippen molar-refractivity contribution in [1.82, 2.24) is 0 Å². The number of ether oxygens (including phenoxy) is 1. The fourth-order valence-electron chi connectivity index (χ4n) is 0.632. The molecule has 0 aliphatic carbocycles. The number of hydrogen-bond donors (Lipinski definition) is 1. The van der Waals surface area contributed by atoms with Gasteiger partial charge in [-0.05, 0) is 12.3 Å². The highest BCUT2D eigenvalue weighted by Gasteiger charge is 2.12. The molecule has 70 valence electrons. The van der Waals surface area contributed by atoms with Crippen molar-refractivity contribution in [3.63, 3.8) is 0 Å². The van der Waals surface area contributed by atoms with Crippen LogP contribution >= 0.6 is 0 Å². The summed E-state index contributed by atoms with van der Waals surface area (Å²) in [6, 6.07) is -0.554. The molecule has 0 aromatic heterocycles. The fraction of sp³-hybridized carbons (Fsp3) is 0.667. The molecule has 0 aromatic carbocycles. The van der Waals surface area contributed by atoms with Crippen LogP contribution in [0.5, 0.6) is 0 Å². The first-order chi connectivity index (χ1) is 5.57. The Morgan fingerprint density at radius 3 is 2.67 bits per heavy atom. The van der Waals surface area contributed by atoms with Crippen LogP contribution in [0.15, 0.2) is 12.7 Å². The Morgan fingerprint density at radius 2 is 2.25 bits per heavy atom. The predicted molar refractivity (Wildman–Crippen MR) is 48.6 cm³/mol. The maximum absolute atomic E-state index is 11.0. The number of nitrogens with two attached hydrogens (primary N) is 1. The molecule has 0 aliphatic heterocycles. The molecule has 0 amide bonds. The first-order valence-electron chi connectivity index (χ1n) is 4.11. The van der Waals surface area contributed by atoms with Crippen LogP contribution in [0.25, 0.3) is 0 Å². The molecule has 0 spiro atoms. The van der Waals surface area contributed by atoms with Crippen LogP contribution in [-0.2, 0) is 9.53 Å². The lowest BCUT2D eigenvalue weighted by atomic mass is 10.2. The monoisotopic (exact) mass is 171 g/mol. The zero-order chi connectivity index (χ0) is 9.56. The zero-order valence-electron chi connectivity index (χ0n) is 7.75. The van der Waals surface area contributed by atoms with Gasteiger partial charge in [-0.1, -0.05) is 19.9 Å². The summed E-state index contributed by atoms with van der Waals surface area (Å²) in [6.45, 7) is 7.88. The fourth-order valence-corrected chi connectivity index (χ4v) is 0.632. The number of rotatable bonds is 5. The van der Waals surface area contributed by atoms with Gasteiger partial charge in [0.1, 0.15) is 6.04 Å². The highest BCUT2D eigenvalue weighted by atomic mass is 16.5. The molecule has 1 atom stereocenters. The molecule has 0 bridgehead atoms. The summed E-state index contributed by atoms with van der Waals surface area (Å²) in [6.07, 6.45) is 2.08. The van der Waals surface area contributed by atoms with Gasteiger partial charge in [0, 0.05) is 0 Å². The minimum Gasteiger partial charge on any atom is -0.464 e. The molecule has 2 N–H and O–H groups in total. The van der Waals surface area contributed by atoms with Crippen molar-refractivity contribution in [3.8, 4) is 0 Å². The van der Waals surface area contributed by atoms with Gasteiger partial charge in [-0.2, -0.15) is 0 Å². The van der Waals surface area contributed by atoms with Gasteiger partial charge in [-0.3, -0.25) is 4.79 Å². The normalized spacial score (nSPS) is 12.7. The summed E-state index contributed by atoms with van der Waals surface area (Å²) in [5, 5.41) is 0. The second-order valence-electron chi connectivity index (χ2n) is 3.15. The summed E-state index contributed by atoms with van der Waals surface area (Å²) in [4.78, 5) is 11.0. The lowest BCUT2D eigenvalue weighted by Crippen LogP contribution is -2.32. The van der Waals surface area contributed by atoms with Crippen molar-refractivity contribution in [1.29, 1.82) is 0 Å². The Kier molecular flexibility index (Phi) is 5.37. The maximum atomic E-state index is 11.0. The molecule has 0 heterocycles. The van der Waals surface area contributed by atoms with E-state index in [2.05, 4.69) is 6.58 Å². The van der Waals surface area contributed by atoms with Crippen LogP contribution < -0.4 is 5.73 Å². The minimum absolute atomic E-state index is 0.344. The van der Waals surface area contributed by atoms with Crippen molar-refractivity contribution < 1.29 is 9.53 Å². The van der Waals surface area contributed by atoms with Crippen molar-refractivity contribution in [2.24, 2.45) is 11.7 Å². The molecule has 12 heavy (non-hydrogen) atoms. The summed E-state index contributed by atoms with van der Waals surface area (Å²) >= 11 is 0. The van der Waals surface area contributed by atoms with Crippen LogP contribution in [0.4, 0.5) is 0 Å². The van der Waals surface area contributed by atoms with E-state index in [1.165, 1.54) is 0 Å². The quantitative estimate of drug-likeness (QED) is 0.497. The Labute approximate surface area is 73.6 Å². The van der Waals surface area contributed by atoms with Crippen LogP contribution in [-0.4, -0.2) is 18.6 Å². The number of esters is 1. The smallest absolute Gasteiger partial charge is 0.323 e. The lowest BCUT2D eigenvalue weighted by molar-refractivity contribution is -0.146. The van der Waals surface area contributed by atoms with Gasteiger partial charge in [0.2, 0.25) is 0 Å². The molecule has 3 nitrogen and oxygen atoms in total.